The molecule has 1 N–H and O–H groups in total. The minimum Gasteiger partial charge on any atom is -0.384 e. The normalized spacial score (nSPS) is 20.7. The zero-order valence-corrected chi connectivity index (χ0v) is 18.5. The smallest absolute Gasteiger partial charge is 0.384 e. The third-order valence-electron chi connectivity index (χ3n) is 6.50. The molecule has 0 fully saturated rings. The van der Waals surface area contributed by atoms with Crippen molar-refractivity contribution in [2.45, 2.75) is 30.3 Å². The van der Waals surface area contributed by atoms with E-state index >= 15 is 0 Å². The summed E-state index contributed by atoms with van der Waals surface area (Å²) in [5.41, 5.74) is 3.40. The number of nitrogens with zero attached hydrogens (tertiary/aromatic N) is 1. The van der Waals surface area contributed by atoms with Gasteiger partial charge in [-0.3, -0.25) is 0 Å². The van der Waals surface area contributed by atoms with Crippen LogP contribution in [-0.2, 0) is 28.4 Å². The van der Waals surface area contributed by atoms with Crippen LogP contribution in [0.15, 0.2) is 72.8 Å². The predicted molar refractivity (Wildman–Crippen MR) is 121 cm³/mol. The molecule has 0 amide bonds. The summed E-state index contributed by atoms with van der Waals surface area (Å²) in [5.74, 6) is -0.573. The second-order valence-corrected chi connectivity index (χ2v) is 10.5. The number of halogens is 3. The SMILES string of the molecule is O=S(=O)(Cc1cccc(C(F)(F)F)c1)N1CCc2ccccc2[C@@H]1C1CNc2ccccc21. The van der Waals surface area contributed by atoms with Crippen LogP contribution in [0, 0.1) is 0 Å². The number of hydrogen-bond donors (Lipinski definition) is 1. The Morgan fingerprint density at radius 1 is 0.939 bits per heavy atom. The number of nitrogens with one attached hydrogen (secondary N) is 1. The Balaban J connectivity index is 1.54. The van der Waals surface area contributed by atoms with E-state index in [1.54, 1.807) is 0 Å². The molecule has 0 saturated carbocycles. The summed E-state index contributed by atoms with van der Waals surface area (Å²) in [5, 5.41) is 3.38. The van der Waals surface area contributed by atoms with Gasteiger partial charge in [-0.15, -0.1) is 0 Å². The van der Waals surface area contributed by atoms with Gasteiger partial charge in [0.2, 0.25) is 10.0 Å². The molecule has 0 bridgehead atoms. The van der Waals surface area contributed by atoms with Crippen LogP contribution in [0.25, 0.3) is 0 Å². The summed E-state index contributed by atoms with van der Waals surface area (Å²) in [6.45, 7) is 0.884. The predicted octanol–water partition coefficient (Wildman–Crippen LogP) is 5.34. The molecule has 0 aliphatic carbocycles. The van der Waals surface area contributed by atoms with Crippen LogP contribution < -0.4 is 5.32 Å². The standard InChI is InChI=1S/C25H23F3N2O2S/c26-25(27,28)19-8-5-6-17(14-19)16-33(31,32)30-13-12-18-7-1-2-9-20(18)24(30)22-15-29-23-11-4-3-10-21(22)23/h1-11,14,22,24,29H,12-13,15-16H2/t22?,24-/m1/s1. The van der Waals surface area contributed by atoms with E-state index in [2.05, 4.69) is 5.32 Å². The van der Waals surface area contributed by atoms with E-state index < -0.39 is 33.6 Å². The van der Waals surface area contributed by atoms with Gasteiger partial charge in [0.15, 0.2) is 0 Å². The highest BCUT2D eigenvalue weighted by atomic mass is 32.2. The van der Waals surface area contributed by atoms with E-state index in [1.165, 1.54) is 16.4 Å². The van der Waals surface area contributed by atoms with Crippen molar-refractivity contribution >= 4 is 15.7 Å². The molecule has 3 aromatic carbocycles. The van der Waals surface area contributed by atoms with Crippen LogP contribution in [0.4, 0.5) is 18.9 Å². The lowest BCUT2D eigenvalue weighted by molar-refractivity contribution is -0.137. The van der Waals surface area contributed by atoms with Gasteiger partial charge in [-0.05, 0) is 40.8 Å². The lowest BCUT2D eigenvalue weighted by Crippen LogP contribution is -2.43. The molecule has 33 heavy (non-hydrogen) atoms. The fourth-order valence-electron chi connectivity index (χ4n) is 5.03. The number of sulfonamides is 1. The monoisotopic (exact) mass is 472 g/mol. The van der Waals surface area contributed by atoms with Gasteiger partial charge in [0.05, 0.1) is 17.4 Å². The molecule has 0 spiro atoms. The summed E-state index contributed by atoms with van der Waals surface area (Å²) in [6.07, 6.45) is -3.96. The third-order valence-corrected chi connectivity index (χ3v) is 8.32. The summed E-state index contributed by atoms with van der Waals surface area (Å²) in [7, 11) is -3.89. The fraction of sp³-hybridized carbons (Fsp3) is 0.280. The molecule has 3 aromatic rings. The topological polar surface area (TPSA) is 49.4 Å². The Morgan fingerprint density at radius 3 is 2.45 bits per heavy atom. The quantitative estimate of drug-likeness (QED) is 0.557. The van der Waals surface area contributed by atoms with Crippen LogP contribution in [0.2, 0.25) is 0 Å². The zero-order chi connectivity index (χ0) is 23.2. The van der Waals surface area contributed by atoms with Gasteiger partial charge < -0.3 is 5.32 Å². The molecule has 1 unspecified atom stereocenters. The first-order valence-corrected chi connectivity index (χ1v) is 12.4. The molecule has 2 aliphatic heterocycles. The highest BCUT2D eigenvalue weighted by Crippen LogP contribution is 2.46. The molecule has 2 aliphatic rings. The van der Waals surface area contributed by atoms with Crippen molar-refractivity contribution in [2.75, 3.05) is 18.4 Å². The summed E-state index contributed by atoms with van der Waals surface area (Å²) >= 11 is 0. The van der Waals surface area contributed by atoms with Crippen molar-refractivity contribution in [3.8, 4) is 0 Å². The first-order chi connectivity index (χ1) is 15.7. The van der Waals surface area contributed by atoms with Crippen molar-refractivity contribution in [3.05, 3.63) is 101 Å². The minimum absolute atomic E-state index is 0.0982. The van der Waals surface area contributed by atoms with Crippen LogP contribution in [0.3, 0.4) is 0 Å². The Labute approximate surface area is 191 Å². The van der Waals surface area contributed by atoms with E-state index in [1.807, 2.05) is 48.5 Å². The summed E-state index contributed by atoms with van der Waals surface area (Å²) in [6, 6.07) is 19.9. The number of rotatable bonds is 4. The van der Waals surface area contributed by atoms with Gasteiger partial charge in [-0.2, -0.15) is 17.5 Å². The number of para-hydroxylation sites is 1. The van der Waals surface area contributed by atoms with Crippen molar-refractivity contribution in [1.29, 1.82) is 0 Å². The number of fused-ring (bicyclic) bond motifs is 2. The molecule has 2 heterocycles. The number of hydrogen-bond acceptors (Lipinski definition) is 3. The summed E-state index contributed by atoms with van der Waals surface area (Å²) in [4.78, 5) is 0. The average Bonchev–Trinajstić information content (AvgIpc) is 3.21. The van der Waals surface area contributed by atoms with Gasteiger partial charge in [-0.1, -0.05) is 60.7 Å². The van der Waals surface area contributed by atoms with Crippen molar-refractivity contribution < 1.29 is 21.6 Å². The molecule has 5 rings (SSSR count). The second-order valence-electron chi connectivity index (χ2n) is 8.53. The van der Waals surface area contributed by atoms with Gasteiger partial charge in [-0.25, -0.2) is 8.42 Å². The highest BCUT2D eigenvalue weighted by molar-refractivity contribution is 7.88. The number of anilines is 1. The van der Waals surface area contributed by atoms with E-state index in [4.69, 9.17) is 0 Å². The molecular formula is C25H23F3N2O2S. The molecule has 2 atom stereocenters. The lowest BCUT2D eigenvalue weighted by Gasteiger charge is -2.39. The van der Waals surface area contributed by atoms with E-state index in [0.717, 1.165) is 34.5 Å². The van der Waals surface area contributed by atoms with Crippen molar-refractivity contribution in [2.24, 2.45) is 0 Å². The fourth-order valence-corrected chi connectivity index (χ4v) is 6.77. The molecule has 4 nitrogen and oxygen atoms in total. The van der Waals surface area contributed by atoms with E-state index in [9.17, 15) is 21.6 Å². The Morgan fingerprint density at radius 2 is 1.67 bits per heavy atom. The Hall–Kier alpha value is -2.84. The van der Waals surface area contributed by atoms with Gasteiger partial charge in [0, 0.05) is 24.7 Å². The first kappa shape index (κ1) is 22.0. The van der Waals surface area contributed by atoms with Crippen molar-refractivity contribution in [1.82, 2.24) is 4.31 Å². The van der Waals surface area contributed by atoms with Gasteiger partial charge in [0.25, 0.3) is 0 Å². The molecule has 0 saturated heterocycles. The molecule has 0 aromatic heterocycles. The summed E-state index contributed by atoms with van der Waals surface area (Å²) < 4.78 is 68.2. The van der Waals surface area contributed by atoms with Crippen LogP contribution in [-0.4, -0.2) is 25.8 Å². The number of alkyl halides is 3. The maximum absolute atomic E-state index is 13.6. The zero-order valence-electron chi connectivity index (χ0n) is 17.7. The maximum atomic E-state index is 13.6. The minimum atomic E-state index is -4.52. The van der Waals surface area contributed by atoms with Crippen LogP contribution in [0.1, 0.15) is 39.8 Å². The highest BCUT2D eigenvalue weighted by Gasteiger charge is 2.42. The van der Waals surface area contributed by atoms with Gasteiger partial charge in [0.1, 0.15) is 0 Å². The average molecular weight is 473 g/mol. The Kier molecular flexibility index (Phi) is 5.45. The second kappa shape index (κ2) is 8.18. The van der Waals surface area contributed by atoms with E-state index in [-0.39, 0.29) is 11.5 Å². The van der Waals surface area contributed by atoms with Crippen LogP contribution in [0.5, 0.6) is 0 Å². The number of benzene rings is 3. The van der Waals surface area contributed by atoms with E-state index in [0.29, 0.717) is 19.5 Å². The lowest BCUT2D eigenvalue weighted by atomic mass is 9.83. The third kappa shape index (κ3) is 4.13. The Bertz CT molecular complexity index is 1290. The maximum Gasteiger partial charge on any atom is 0.416 e. The molecule has 172 valence electrons. The molecule has 8 heteroatoms. The van der Waals surface area contributed by atoms with Crippen LogP contribution >= 0.6 is 0 Å². The van der Waals surface area contributed by atoms with Crippen molar-refractivity contribution in [3.63, 3.8) is 0 Å². The first-order valence-electron chi connectivity index (χ1n) is 10.8. The van der Waals surface area contributed by atoms with Gasteiger partial charge >= 0.3 is 6.18 Å². The molecule has 0 radical (unpaired) electrons. The largest absolute Gasteiger partial charge is 0.416 e. The molecular weight excluding hydrogens is 449 g/mol.